The highest BCUT2D eigenvalue weighted by Crippen LogP contribution is 2.36. The number of anilines is 2. The van der Waals surface area contributed by atoms with Gasteiger partial charge in [0.05, 0.1) is 0 Å². The lowest BCUT2D eigenvalue weighted by molar-refractivity contribution is 0.0946. The molecule has 3 heterocycles. The molecule has 1 aromatic heterocycles. The molecule has 3 aromatic rings. The van der Waals surface area contributed by atoms with Crippen molar-refractivity contribution < 1.29 is 4.79 Å². The van der Waals surface area contributed by atoms with E-state index in [0.717, 1.165) is 66.0 Å². The summed E-state index contributed by atoms with van der Waals surface area (Å²) in [6.45, 7) is 4.66. The average molecular weight is 434 g/mol. The fourth-order valence-corrected chi connectivity index (χ4v) is 4.56. The molecule has 1 fully saturated rings. The van der Waals surface area contributed by atoms with Crippen LogP contribution in [0.1, 0.15) is 15.9 Å². The summed E-state index contributed by atoms with van der Waals surface area (Å²) in [5, 5.41) is 6.63. The van der Waals surface area contributed by atoms with Crippen molar-refractivity contribution in [2.75, 3.05) is 43.4 Å². The van der Waals surface area contributed by atoms with Crippen molar-refractivity contribution in [3.05, 3.63) is 64.8 Å². The Morgan fingerprint density at radius 2 is 1.65 bits per heavy atom. The van der Waals surface area contributed by atoms with Gasteiger partial charge < -0.3 is 21.3 Å². The van der Waals surface area contributed by atoms with E-state index in [1.165, 1.54) is 5.69 Å². The van der Waals surface area contributed by atoms with Crippen molar-refractivity contribution in [3.63, 3.8) is 0 Å². The van der Waals surface area contributed by atoms with Crippen LogP contribution in [0.15, 0.2) is 48.5 Å². The Labute approximate surface area is 186 Å². The lowest BCUT2D eigenvalue weighted by Gasteiger charge is -2.29. The molecule has 2 aliphatic rings. The number of nitrogen functional groups attached to an aromatic ring is 1. The predicted molar refractivity (Wildman–Crippen MR) is 126 cm³/mol. The van der Waals surface area contributed by atoms with E-state index >= 15 is 0 Å². The maximum Gasteiger partial charge on any atom is 0.251 e. The van der Waals surface area contributed by atoms with Crippen LogP contribution in [0.3, 0.4) is 0 Å². The highest BCUT2D eigenvalue weighted by Gasteiger charge is 2.19. The zero-order valence-corrected chi connectivity index (χ0v) is 17.9. The Kier molecular flexibility index (Phi) is 5.26. The maximum atomic E-state index is 12.1. The number of hydrogen-bond acceptors (Lipinski definition) is 5. The van der Waals surface area contributed by atoms with E-state index in [2.05, 4.69) is 44.8 Å². The Hall–Kier alpha value is -3.09. The third-order valence-electron chi connectivity index (χ3n) is 6.01. The monoisotopic (exact) mass is 433 g/mol. The molecule has 0 unspecified atom stereocenters. The van der Waals surface area contributed by atoms with Gasteiger partial charge in [-0.15, -0.1) is 0 Å². The molecule has 5 rings (SSSR count). The minimum absolute atomic E-state index is 0.0275. The minimum atomic E-state index is -0.0275. The van der Waals surface area contributed by atoms with Crippen LogP contribution in [-0.2, 0) is 6.42 Å². The third kappa shape index (κ3) is 3.84. The van der Waals surface area contributed by atoms with Crippen molar-refractivity contribution in [1.29, 1.82) is 0 Å². The molecule has 6 nitrogen and oxygen atoms in total. The lowest BCUT2D eigenvalue weighted by atomic mass is 9.94. The SMILES string of the molecule is Nc1nc(Cl)c(-c2ccc(N3CCNCC3)cc2)cc1-c1ccc2c(c1)CCNC2=O. The van der Waals surface area contributed by atoms with Gasteiger partial charge in [-0.2, -0.15) is 0 Å². The summed E-state index contributed by atoms with van der Waals surface area (Å²) in [4.78, 5) is 18.8. The van der Waals surface area contributed by atoms with E-state index in [0.29, 0.717) is 17.5 Å². The molecular weight excluding hydrogens is 410 g/mol. The molecule has 7 heteroatoms. The van der Waals surface area contributed by atoms with Gasteiger partial charge in [-0.25, -0.2) is 4.98 Å². The van der Waals surface area contributed by atoms with E-state index in [1.54, 1.807) is 0 Å². The number of aromatic nitrogens is 1. The normalized spacial score (nSPS) is 16.0. The number of halogens is 1. The molecule has 31 heavy (non-hydrogen) atoms. The van der Waals surface area contributed by atoms with Gasteiger partial charge in [-0.05, 0) is 47.4 Å². The first-order valence-corrected chi connectivity index (χ1v) is 10.9. The molecule has 158 valence electrons. The van der Waals surface area contributed by atoms with Gasteiger partial charge in [0.1, 0.15) is 11.0 Å². The van der Waals surface area contributed by atoms with Crippen molar-refractivity contribution in [2.45, 2.75) is 6.42 Å². The van der Waals surface area contributed by atoms with Crippen LogP contribution in [0.25, 0.3) is 22.3 Å². The van der Waals surface area contributed by atoms with E-state index in [4.69, 9.17) is 17.3 Å². The number of amides is 1. The van der Waals surface area contributed by atoms with Gasteiger partial charge >= 0.3 is 0 Å². The summed E-state index contributed by atoms with van der Waals surface area (Å²) >= 11 is 6.48. The van der Waals surface area contributed by atoms with Gasteiger partial charge in [0, 0.05) is 55.1 Å². The standard InChI is InChI=1S/C24H24ClN5O/c25-22-20(15-1-4-18(5-2-15)30-11-9-27-10-12-30)14-21(23(26)29-22)16-3-6-19-17(13-16)7-8-28-24(19)31/h1-6,13-14,27H,7-12H2,(H2,26,29)(H,28,31). The highest BCUT2D eigenvalue weighted by molar-refractivity contribution is 6.32. The first-order chi connectivity index (χ1) is 15.1. The van der Waals surface area contributed by atoms with Crippen molar-refractivity contribution in [1.82, 2.24) is 15.6 Å². The first kappa shape index (κ1) is 19.8. The second-order valence-electron chi connectivity index (χ2n) is 7.92. The molecule has 1 saturated heterocycles. The predicted octanol–water partition coefficient (Wildman–Crippen LogP) is 3.35. The summed E-state index contributed by atoms with van der Waals surface area (Å²) in [7, 11) is 0. The Morgan fingerprint density at radius 3 is 2.42 bits per heavy atom. The molecule has 4 N–H and O–H groups in total. The fraction of sp³-hybridized carbons (Fsp3) is 0.250. The van der Waals surface area contributed by atoms with E-state index in [1.807, 2.05) is 24.3 Å². The number of carbonyl (C=O) groups is 1. The number of nitrogens with zero attached hydrogens (tertiary/aromatic N) is 2. The first-order valence-electron chi connectivity index (χ1n) is 10.5. The summed E-state index contributed by atoms with van der Waals surface area (Å²) < 4.78 is 0. The van der Waals surface area contributed by atoms with Crippen molar-refractivity contribution in [2.24, 2.45) is 0 Å². The molecule has 0 bridgehead atoms. The van der Waals surface area contributed by atoms with Crippen LogP contribution >= 0.6 is 11.6 Å². The van der Waals surface area contributed by atoms with Gasteiger partial charge in [0.2, 0.25) is 0 Å². The number of fused-ring (bicyclic) bond motifs is 1. The third-order valence-corrected chi connectivity index (χ3v) is 6.29. The zero-order chi connectivity index (χ0) is 21.4. The van der Waals surface area contributed by atoms with Crippen LogP contribution < -0.4 is 21.3 Å². The van der Waals surface area contributed by atoms with Crippen molar-refractivity contribution >= 4 is 29.0 Å². The number of pyridine rings is 1. The second-order valence-corrected chi connectivity index (χ2v) is 8.28. The van der Waals surface area contributed by atoms with Crippen LogP contribution in [0.2, 0.25) is 5.15 Å². The molecule has 2 aliphatic heterocycles. The number of piperazine rings is 1. The molecular formula is C24H24ClN5O. The van der Waals surface area contributed by atoms with Crippen LogP contribution in [-0.4, -0.2) is 43.6 Å². The Balaban J connectivity index is 1.50. The summed E-state index contributed by atoms with van der Waals surface area (Å²) in [6.07, 6.45) is 0.802. The van der Waals surface area contributed by atoms with E-state index in [9.17, 15) is 4.79 Å². The smallest absolute Gasteiger partial charge is 0.251 e. The van der Waals surface area contributed by atoms with Crippen LogP contribution in [0, 0.1) is 0 Å². The largest absolute Gasteiger partial charge is 0.383 e. The van der Waals surface area contributed by atoms with Gasteiger partial charge in [0.15, 0.2) is 0 Å². The topological polar surface area (TPSA) is 83.3 Å². The molecule has 2 aromatic carbocycles. The zero-order valence-electron chi connectivity index (χ0n) is 17.1. The minimum Gasteiger partial charge on any atom is -0.383 e. The van der Waals surface area contributed by atoms with Crippen molar-refractivity contribution in [3.8, 4) is 22.3 Å². The number of rotatable bonds is 3. The lowest BCUT2D eigenvalue weighted by Crippen LogP contribution is -2.43. The summed E-state index contributed by atoms with van der Waals surface area (Å²) in [6, 6.07) is 16.2. The van der Waals surface area contributed by atoms with Crippen LogP contribution in [0.4, 0.5) is 11.5 Å². The quantitative estimate of drug-likeness (QED) is 0.552. The number of hydrogen-bond donors (Lipinski definition) is 3. The molecule has 0 atom stereocenters. The van der Waals surface area contributed by atoms with Gasteiger partial charge in [-0.1, -0.05) is 35.9 Å². The molecule has 0 aliphatic carbocycles. The molecule has 1 amide bonds. The van der Waals surface area contributed by atoms with E-state index in [-0.39, 0.29) is 5.91 Å². The number of nitrogens with one attached hydrogen (secondary N) is 2. The average Bonchev–Trinajstić information content (AvgIpc) is 2.80. The van der Waals surface area contributed by atoms with Crippen LogP contribution in [0.5, 0.6) is 0 Å². The highest BCUT2D eigenvalue weighted by atomic mass is 35.5. The number of benzene rings is 2. The molecule has 0 saturated carbocycles. The Bertz CT molecular complexity index is 1140. The second kappa shape index (κ2) is 8.21. The van der Waals surface area contributed by atoms with Gasteiger partial charge in [-0.3, -0.25) is 4.79 Å². The molecule has 0 radical (unpaired) electrons. The Morgan fingerprint density at radius 1 is 0.903 bits per heavy atom. The number of nitrogens with two attached hydrogens (primary N) is 1. The molecule has 0 spiro atoms. The number of carbonyl (C=O) groups excluding carboxylic acids is 1. The maximum absolute atomic E-state index is 12.1. The fourth-order valence-electron chi connectivity index (χ4n) is 4.31. The van der Waals surface area contributed by atoms with E-state index < -0.39 is 0 Å². The van der Waals surface area contributed by atoms with Gasteiger partial charge in [0.25, 0.3) is 5.91 Å². The summed E-state index contributed by atoms with van der Waals surface area (Å²) in [5.74, 6) is 0.353. The summed E-state index contributed by atoms with van der Waals surface area (Å²) in [5.41, 5.74) is 12.8.